The second kappa shape index (κ2) is 7.45. The van der Waals surface area contributed by atoms with Gasteiger partial charge in [-0.15, -0.1) is 0 Å². The molecular formula is C14H20BrNS. The molecular weight excluding hydrogens is 294 g/mol. The molecule has 1 fully saturated rings. The molecule has 1 heterocycles. The van der Waals surface area contributed by atoms with Crippen LogP contribution in [0, 0.1) is 5.92 Å². The first-order chi connectivity index (χ1) is 8.34. The SMILES string of the molecule is Brc1cccc(CSCC2CCCNCC2)c1. The molecule has 1 atom stereocenters. The number of benzene rings is 1. The molecule has 1 aromatic rings. The maximum Gasteiger partial charge on any atom is 0.0185 e. The Morgan fingerprint density at radius 3 is 3.12 bits per heavy atom. The summed E-state index contributed by atoms with van der Waals surface area (Å²) in [5.74, 6) is 3.37. The van der Waals surface area contributed by atoms with Crippen molar-refractivity contribution in [2.24, 2.45) is 5.92 Å². The smallest absolute Gasteiger partial charge is 0.0185 e. The summed E-state index contributed by atoms with van der Waals surface area (Å²) in [6.07, 6.45) is 4.10. The van der Waals surface area contributed by atoms with Gasteiger partial charge in [-0.25, -0.2) is 0 Å². The van der Waals surface area contributed by atoms with Crippen LogP contribution < -0.4 is 5.32 Å². The van der Waals surface area contributed by atoms with E-state index in [1.807, 2.05) is 0 Å². The first kappa shape index (κ1) is 13.4. The molecule has 94 valence electrons. The van der Waals surface area contributed by atoms with Crippen LogP contribution >= 0.6 is 27.7 Å². The quantitative estimate of drug-likeness (QED) is 0.899. The number of hydrogen-bond acceptors (Lipinski definition) is 2. The minimum atomic E-state index is 0.919. The van der Waals surface area contributed by atoms with Crippen molar-refractivity contribution in [1.29, 1.82) is 0 Å². The van der Waals surface area contributed by atoms with Crippen LogP contribution in [-0.4, -0.2) is 18.8 Å². The summed E-state index contributed by atoms with van der Waals surface area (Å²) in [4.78, 5) is 0. The highest BCUT2D eigenvalue weighted by molar-refractivity contribution is 9.10. The van der Waals surface area contributed by atoms with Gasteiger partial charge in [0.2, 0.25) is 0 Å². The zero-order valence-electron chi connectivity index (χ0n) is 10.1. The predicted octanol–water partition coefficient (Wildman–Crippen LogP) is 4.07. The lowest BCUT2D eigenvalue weighted by Crippen LogP contribution is -2.14. The molecule has 1 aliphatic rings. The number of halogens is 1. The first-order valence-corrected chi connectivity index (χ1v) is 8.32. The van der Waals surface area contributed by atoms with Crippen molar-refractivity contribution in [3.8, 4) is 0 Å². The summed E-state index contributed by atoms with van der Waals surface area (Å²) < 4.78 is 1.19. The van der Waals surface area contributed by atoms with Crippen LogP contribution in [0.25, 0.3) is 0 Å². The number of rotatable bonds is 4. The van der Waals surface area contributed by atoms with Gasteiger partial charge in [-0.1, -0.05) is 28.1 Å². The maximum absolute atomic E-state index is 3.52. The largest absolute Gasteiger partial charge is 0.317 e. The summed E-state index contributed by atoms with van der Waals surface area (Å²) in [6, 6.07) is 8.65. The van der Waals surface area contributed by atoms with E-state index in [1.165, 1.54) is 48.1 Å². The number of nitrogens with one attached hydrogen (secondary N) is 1. The van der Waals surface area contributed by atoms with Gasteiger partial charge in [-0.3, -0.25) is 0 Å². The summed E-state index contributed by atoms with van der Waals surface area (Å²) in [5, 5.41) is 3.48. The predicted molar refractivity (Wildman–Crippen MR) is 80.5 cm³/mol. The van der Waals surface area contributed by atoms with Crippen molar-refractivity contribution in [2.45, 2.75) is 25.0 Å². The van der Waals surface area contributed by atoms with E-state index in [9.17, 15) is 0 Å². The Balaban J connectivity index is 1.71. The molecule has 0 bridgehead atoms. The minimum absolute atomic E-state index is 0.919. The zero-order chi connectivity index (χ0) is 11.9. The lowest BCUT2D eigenvalue weighted by Gasteiger charge is -2.12. The molecule has 0 radical (unpaired) electrons. The Morgan fingerprint density at radius 2 is 2.24 bits per heavy atom. The lowest BCUT2D eigenvalue weighted by molar-refractivity contribution is 0.528. The van der Waals surface area contributed by atoms with Crippen LogP contribution in [0.5, 0.6) is 0 Å². The van der Waals surface area contributed by atoms with Gasteiger partial charge in [0.05, 0.1) is 0 Å². The Kier molecular flexibility index (Phi) is 5.89. The molecule has 1 nitrogen and oxygen atoms in total. The average Bonchev–Trinajstić information content (AvgIpc) is 2.58. The maximum atomic E-state index is 3.52. The van der Waals surface area contributed by atoms with E-state index in [0.29, 0.717) is 0 Å². The molecule has 0 spiro atoms. The van der Waals surface area contributed by atoms with E-state index in [-0.39, 0.29) is 0 Å². The van der Waals surface area contributed by atoms with Crippen LogP contribution in [0.15, 0.2) is 28.7 Å². The molecule has 1 saturated heterocycles. The standard InChI is InChI=1S/C14H20BrNS/c15-14-5-1-3-13(9-14)11-17-10-12-4-2-7-16-8-6-12/h1,3,5,9,12,16H,2,4,6-8,10-11H2. The Morgan fingerprint density at radius 1 is 1.29 bits per heavy atom. The molecule has 1 aliphatic heterocycles. The molecule has 3 heteroatoms. The normalized spacial score (nSPS) is 21.1. The van der Waals surface area contributed by atoms with Crippen molar-refractivity contribution < 1.29 is 0 Å². The molecule has 0 aliphatic carbocycles. The van der Waals surface area contributed by atoms with E-state index in [1.54, 1.807) is 0 Å². The van der Waals surface area contributed by atoms with Gasteiger partial charge < -0.3 is 5.32 Å². The van der Waals surface area contributed by atoms with Crippen LogP contribution in [0.4, 0.5) is 0 Å². The topological polar surface area (TPSA) is 12.0 Å². The van der Waals surface area contributed by atoms with Gasteiger partial charge in [-0.05, 0) is 61.7 Å². The van der Waals surface area contributed by atoms with Crippen LogP contribution in [0.1, 0.15) is 24.8 Å². The molecule has 0 saturated carbocycles. The van der Waals surface area contributed by atoms with E-state index < -0.39 is 0 Å². The minimum Gasteiger partial charge on any atom is -0.317 e. The van der Waals surface area contributed by atoms with Crippen molar-refractivity contribution in [2.75, 3.05) is 18.8 Å². The van der Waals surface area contributed by atoms with Gasteiger partial charge in [0.1, 0.15) is 0 Å². The summed E-state index contributed by atoms with van der Waals surface area (Å²) in [5.41, 5.74) is 1.43. The number of thioether (sulfide) groups is 1. The highest BCUT2D eigenvalue weighted by Crippen LogP contribution is 2.23. The van der Waals surface area contributed by atoms with Crippen molar-refractivity contribution in [3.63, 3.8) is 0 Å². The van der Waals surface area contributed by atoms with Crippen LogP contribution in [0.2, 0.25) is 0 Å². The molecule has 1 unspecified atom stereocenters. The number of hydrogen-bond donors (Lipinski definition) is 1. The Hall–Kier alpha value is 0.01000. The summed E-state index contributed by atoms with van der Waals surface area (Å²) in [6.45, 7) is 2.43. The van der Waals surface area contributed by atoms with E-state index >= 15 is 0 Å². The van der Waals surface area contributed by atoms with Crippen molar-refractivity contribution in [3.05, 3.63) is 34.3 Å². The summed E-state index contributed by atoms with van der Waals surface area (Å²) >= 11 is 5.61. The van der Waals surface area contributed by atoms with Crippen molar-refractivity contribution >= 4 is 27.7 Å². The van der Waals surface area contributed by atoms with Gasteiger partial charge in [-0.2, -0.15) is 11.8 Å². The third-order valence-electron chi connectivity index (χ3n) is 3.21. The molecule has 1 aromatic carbocycles. The average molecular weight is 314 g/mol. The Labute approximate surface area is 117 Å². The molecule has 17 heavy (non-hydrogen) atoms. The van der Waals surface area contributed by atoms with Crippen LogP contribution in [0.3, 0.4) is 0 Å². The molecule has 2 rings (SSSR count). The van der Waals surface area contributed by atoms with E-state index in [4.69, 9.17) is 0 Å². The van der Waals surface area contributed by atoms with Gasteiger partial charge >= 0.3 is 0 Å². The highest BCUT2D eigenvalue weighted by Gasteiger charge is 2.11. The third-order valence-corrected chi connectivity index (χ3v) is 4.94. The molecule has 0 amide bonds. The fraction of sp³-hybridized carbons (Fsp3) is 0.571. The second-order valence-corrected chi connectivity index (χ2v) is 6.64. The highest BCUT2D eigenvalue weighted by atomic mass is 79.9. The lowest BCUT2D eigenvalue weighted by atomic mass is 10.0. The summed E-state index contributed by atoms with van der Waals surface area (Å²) in [7, 11) is 0. The van der Waals surface area contributed by atoms with Gasteiger partial charge in [0.25, 0.3) is 0 Å². The molecule has 0 aromatic heterocycles. The monoisotopic (exact) mass is 313 g/mol. The van der Waals surface area contributed by atoms with Gasteiger partial charge in [0.15, 0.2) is 0 Å². The first-order valence-electron chi connectivity index (χ1n) is 6.37. The van der Waals surface area contributed by atoms with E-state index in [2.05, 4.69) is 57.3 Å². The fourth-order valence-electron chi connectivity index (χ4n) is 2.23. The Bertz CT molecular complexity index is 335. The third kappa shape index (κ3) is 5.02. The second-order valence-electron chi connectivity index (χ2n) is 4.69. The van der Waals surface area contributed by atoms with Crippen LogP contribution in [-0.2, 0) is 5.75 Å². The molecule has 1 N–H and O–H groups in total. The fourth-order valence-corrected chi connectivity index (χ4v) is 3.87. The zero-order valence-corrected chi connectivity index (χ0v) is 12.5. The van der Waals surface area contributed by atoms with Gasteiger partial charge in [0, 0.05) is 10.2 Å². The van der Waals surface area contributed by atoms with Crippen molar-refractivity contribution in [1.82, 2.24) is 5.32 Å². The van der Waals surface area contributed by atoms with E-state index in [0.717, 1.165) is 11.7 Å².